The first-order valence-electron chi connectivity index (χ1n) is 9.35. The molecule has 0 fully saturated rings. The van der Waals surface area contributed by atoms with Gasteiger partial charge in [0.1, 0.15) is 0 Å². The number of halogens is 3. The molecule has 0 bridgehead atoms. The average Bonchev–Trinajstić information content (AvgIpc) is 2.76. The Balaban J connectivity index is 1.75. The van der Waals surface area contributed by atoms with Crippen molar-refractivity contribution in [3.63, 3.8) is 0 Å². The van der Waals surface area contributed by atoms with Crippen LogP contribution in [0, 0.1) is 0 Å². The number of amides is 1. The fourth-order valence-corrected chi connectivity index (χ4v) is 3.23. The van der Waals surface area contributed by atoms with Crippen molar-refractivity contribution in [3.8, 4) is 0 Å². The summed E-state index contributed by atoms with van der Waals surface area (Å²) in [4.78, 5) is 25.8. The molecule has 1 aromatic heterocycles. The molecular formula is C23H16F3N3O2. The SMILES string of the molecule is O=C(Nc1cccc(C(F)(F)F)c1)c1nn(Cc2ccccc2)c(=O)c2ccccc12. The lowest BCUT2D eigenvalue weighted by Crippen LogP contribution is -2.28. The number of alkyl halides is 3. The number of anilines is 1. The summed E-state index contributed by atoms with van der Waals surface area (Å²) in [5.41, 5.74) is -0.501. The molecule has 0 unspecified atom stereocenters. The Kier molecular flexibility index (Phi) is 5.29. The molecule has 0 atom stereocenters. The van der Waals surface area contributed by atoms with E-state index in [2.05, 4.69) is 10.4 Å². The van der Waals surface area contributed by atoms with Crippen LogP contribution in [0.15, 0.2) is 83.7 Å². The molecule has 0 aliphatic heterocycles. The van der Waals surface area contributed by atoms with Gasteiger partial charge >= 0.3 is 6.18 Å². The second kappa shape index (κ2) is 8.06. The number of nitrogens with one attached hydrogen (secondary N) is 1. The Bertz CT molecular complexity index is 1320. The average molecular weight is 423 g/mol. The third kappa shape index (κ3) is 4.32. The zero-order valence-electron chi connectivity index (χ0n) is 16.1. The van der Waals surface area contributed by atoms with Crippen LogP contribution in [0.5, 0.6) is 0 Å². The highest BCUT2D eigenvalue weighted by Gasteiger charge is 2.30. The standard InChI is InChI=1S/C23H16F3N3O2/c24-23(25,26)16-9-6-10-17(13-16)27-21(30)20-18-11-4-5-12-19(18)22(31)29(28-20)14-15-7-2-1-3-8-15/h1-13H,14H2,(H,27,30). The van der Waals surface area contributed by atoms with Crippen LogP contribution >= 0.6 is 0 Å². The fraction of sp³-hybridized carbons (Fsp3) is 0.0870. The quantitative estimate of drug-likeness (QED) is 0.517. The minimum Gasteiger partial charge on any atom is -0.321 e. The highest BCUT2D eigenvalue weighted by molar-refractivity contribution is 6.11. The molecule has 1 amide bonds. The molecule has 156 valence electrons. The number of rotatable bonds is 4. The molecule has 0 saturated carbocycles. The first-order valence-corrected chi connectivity index (χ1v) is 9.35. The number of aromatic nitrogens is 2. The smallest absolute Gasteiger partial charge is 0.321 e. The van der Waals surface area contributed by atoms with Gasteiger partial charge in [0.25, 0.3) is 11.5 Å². The van der Waals surface area contributed by atoms with E-state index in [4.69, 9.17) is 0 Å². The zero-order chi connectivity index (χ0) is 22.0. The minimum absolute atomic E-state index is 0.0217. The molecule has 4 rings (SSSR count). The lowest BCUT2D eigenvalue weighted by atomic mass is 10.1. The molecule has 8 heteroatoms. The van der Waals surface area contributed by atoms with E-state index in [9.17, 15) is 22.8 Å². The van der Waals surface area contributed by atoms with Gasteiger partial charge in [0.05, 0.1) is 17.5 Å². The van der Waals surface area contributed by atoms with Gasteiger partial charge in [-0.3, -0.25) is 9.59 Å². The van der Waals surface area contributed by atoms with Gasteiger partial charge < -0.3 is 5.32 Å². The van der Waals surface area contributed by atoms with E-state index in [1.54, 1.807) is 24.3 Å². The molecule has 5 nitrogen and oxygen atoms in total. The predicted octanol–water partition coefficient (Wildman–Crippen LogP) is 4.72. The lowest BCUT2D eigenvalue weighted by molar-refractivity contribution is -0.137. The van der Waals surface area contributed by atoms with Crippen LogP contribution in [0.3, 0.4) is 0 Å². The summed E-state index contributed by atoms with van der Waals surface area (Å²) in [6.07, 6.45) is -4.53. The highest BCUT2D eigenvalue weighted by Crippen LogP contribution is 2.30. The number of carbonyl (C=O) groups excluding carboxylic acids is 1. The van der Waals surface area contributed by atoms with Gasteiger partial charge in [0.15, 0.2) is 5.69 Å². The monoisotopic (exact) mass is 423 g/mol. The van der Waals surface area contributed by atoms with Crippen molar-refractivity contribution in [2.75, 3.05) is 5.32 Å². The van der Waals surface area contributed by atoms with E-state index in [1.165, 1.54) is 16.8 Å². The first-order chi connectivity index (χ1) is 14.8. The summed E-state index contributed by atoms with van der Waals surface area (Å²) in [6, 6.07) is 20.0. The number of fused-ring (bicyclic) bond motifs is 1. The summed E-state index contributed by atoms with van der Waals surface area (Å²) < 4.78 is 40.1. The molecular weight excluding hydrogens is 407 g/mol. The molecule has 1 heterocycles. The lowest BCUT2D eigenvalue weighted by Gasteiger charge is -2.12. The summed E-state index contributed by atoms with van der Waals surface area (Å²) >= 11 is 0. The van der Waals surface area contributed by atoms with E-state index < -0.39 is 17.6 Å². The van der Waals surface area contributed by atoms with Crippen molar-refractivity contribution in [3.05, 3.63) is 106 Å². The number of hydrogen-bond donors (Lipinski definition) is 1. The van der Waals surface area contributed by atoms with Gasteiger partial charge in [-0.25, -0.2) is 4.68 Å². The van der Waals surface area contributed by atoms with Crippen molar-refractivity contribution < 1.29 is 18.0 Å². The van der Waals surface area contributed by atoms with E-state index >= 15 is 0 Å². The maximum Gasteiger partial charge on any atom is 0.416 e. The largest absolute Gasteiger partial charge is 0.416 e. The number of carbonyl (C=O) groups is 1. The Labute approximate surface area is 174 Å². The van der Waals surface area contributed by atoms with Crippen molar-refractivity contribution in [1.29, 1.82) is 0 Å². The molecule has 0 radical (unpaired) electrons. The first kappa shape index (κ1) is 20.3. The second-order valence-corrected chi connectivity index (χ2v) is 6.88. The topological polar surface area (TPSA) is 64.0 Å². The third-order valence-corrected chi connectivity index (χ3v) is 4.71. The third-order valence-electron chi connectivity index (χ3n) is 4.71. The predicted molar refractivity (Wildman–Crippen MR) is 111 cm³/mol. The molecule has 0 spiro atoms. The molecule has 0 aliphatic carbocycles. The number of nitrogens with zero attached hydrogens (tertiary/aromatic N) is 2. The van der Waals surface area contributed by atoms with Gasteiger partial charge in [-0.1, -0.05) is 54.6 Å². The van der Waals surface area contributed by atoms with Crippen LogP contribution in [0.25, 0.3) is 10.8 Å². The van der Waals surface area contributed by atoms with Gasteiger partial charge in [-0.05, 0) is 29.8 Å². The molecule has 1 N–H and O–H groups in total. The molecule has 0 saturated heterocycles. The van der Waals surface area contributed by atoms with Crippen LogP contribution in [0.1, 0.15) is 21.6 Å². The van der Waals surface area contributed by atoms with Gasteiger partial charge in [0, 0.05) is 11.1 Å². The van der Waals surface area contributed by atoms with E-state index in [-0.39, 0.29) is 23.5 Å². The van der Waals surface area contributed by atoms with Gasteiger partial charge in [-0.2, -0.15) is 18.3 Å². The van der Waals surface area contributed by atoms with Crippen LogP contribution < -0.4 is 10.9 Å². The Morgan fingerprint density at radius 1 is 0.903 bits per heavy atom. The Hall–Kier alpha value is -3.94. The molecule has 31 heavy (non-hydrogen) atoms. The second-order valence-electron chi connectivity index (χ2n) is 6.88. The summed E-state index contributed by atoms with van der Waals surface area (Å²) in [5, 5.41) is 7.30. The van der Waals surface area contributed by atoms with Crippen LogP contribution in [-0.4, -0.2) is 15.7 Å². The molecule has 0 aliphatic rings. The van der Waals surface area contributed by atoms with Crippen molar-refractivity contribution >= 4 is 22.4 Å². The Morgan fingerprint density at radius 2 is 1.58 bits per heavy atom. The van der Waals surface area contributed by atoms with Crippen molar-refractivity contribution in [2.24, 2.45) is 0 Å². The van der Waals surface area contributed by atoms with Crippen LogP contribution in [-0.2, 0) is 12.7 Å². The fourth-order valence-electron chi connectivity index (χ4n) is 3.23. The number of hydrogen-bond acceptors (Lipinski definition) is 3. The maximum absolute atomic E-state index is 13.0. The van der Waals surface area contributed by atoms with E-state index in [0.717, 1.165) is 17.7 Å². The van der Waals surface area contributed by atoms with Gasteiger partial charge in [0.2, 0.25) is 0 Å². The highest BCUT2D eigenvalue weighted by atomic mass is 19.4. The van der Waals surface area contributed by atoms with E-state index in [0.29, 0.717) is 10.8 Å². The van der Waals surface area contributed by atoms with Crippen LogP contribution in [0.2, 0.25) is 0 Å². The van der Waals surface area contributed by atoms with Crippen molar-refractivity contribution in [2.45, 2.75) is 12.7 Å². The molecule has 4 aromatic rings. The summed E-state index contributed by atoms with van der Waals surface area (Å²) in [5.74, 6) is -0.711. The summed E-state index contributed by atoms with van der Waals surface area (Å²) in [6.45, 7) is 0.147. The minimum atomic E-state index is -4.53. The zero-order valence-corrected chi connectivity index (χ0v) is 16.1. The van der Waals surface area contributed by atoms with Gasteiger partial charge in [-0.15, -0.1) is 0 Å². The van der Waals surface area contributed by atoms with Crippen molar-refractivity contribution in [1.82, 2.24) is 9.78 Å². The number of benzene rings is 3. The Morgan fingerprint density at radius 3 is 2.29 bits per heavy atom. The maximum atomic E-state index is 13.0. The normalized spacial score (nSPS) is 11.5. The summed E-state index contributed by atoms with van der Waals surface area (Å²) in [7, 11) is 0. The van der Waals surface area contributed by atoms with Crippen LogP contribution in [0.4, 0.5) is 18.9 Å². The van der Waals surface area contributed by atoms with E-state index in [1.807, 2.05) is 30.3 Å². The molecule has 3 aromatic carbocycles.